The van der Waals surface area contributed by atoms with E-state index in [4.69, 9.17) is 11.6 Å². The second-order valence-corrected chi connectivity index (χ2v) is 6.91. The van der Waals surface area contributed by atoms with E-state index in [2.05, 4.69) is 4.72 Å². The third-order valence-electron chi connectivity index (χ3n) is 3.01. The van der Waals surface area contributed by atoms with Gasteiger partial charge in [0.2, 0.25) is 10.0 Å². The van der Waals surface area contributed by atoms with E-state index in [-0.39, 0.29) is 16.5 Å². The van der Waals surface area contributed by atoms with Gasteiger partial charge in [-0.05, 0) is 30.2 Å². The summed E-state index contributed by atoms with van der Waals surface area (Å²) in [5, 5.41) is 9.83. The summed E-state index contributed by atoms with van der Waals surface area (Å²) >= 11 is 5.78. The highest BCUT2D eigenvalue weighted by molar-refractivity contribution is 7.89. The van der Waals surface area contributed by atoms with Gasteiger partial charge in [0.1, 0.15) is 10.7 Å². The molecule has 1 atom stereocenters. The van der Waals surface area contributed by atoms with E-state index in [9.17, 15) is 17.9 Å². The number of aliphatic hydroxyl groups excluding tert-OH is 1. The molecule has 0 aliphatic rings. The van der Waals surface area contributed by atoms with Crippen molar-refractivity contribution in [1.29, 1.82) is 0 Å². The molecule has 1 unspecified atom stereocenters. The van der Waals surface area contributed by atoms with Crippen molar-refractivity contribution in [2.24, 2.45) is 0 Å². The van der Waals surface area contributed by atoms with Crippen molar-refractivity contribution < 1.29 is 17.9 Å². The monoisotopic (exact) mass is 343 g/mol. The lowest BCUT2D eigenvalue weighted by molar-refractivity contribution is 0.179. The zero-order valence-corrected chi connectivity index (χ0v) is 13.1. The molecule has 0 saturated heterocycles. The Balaban J connectivity index is 2.02. The molecule has 2 N–H and O–H groups in total. The minimum absolute atomic E-state index is 0.0774. The van der Waals surface area contributed by atoms with E-state index in [0.717, 1.165) is 17.7 Å². The van der Waals surface area contributed by atoms with Crippen LogP contribution in [0.5, 0.6) is 0 Å². The van der Waals surface area contributed by atoms with Crippen LogP contribution in [0.25, 0.3) is 0 Å². The Kier molecular flexibility index (Phi) is 5.52. The predicted octanol–water partition coefficient (Wildman–Crippen LogP) is 2.36. The van der Waals surface area contributed by atoms with Crippen LogP contribution in [-0.2, 0) is 16.4 Å². The molecule has 7 heteroatoms. The molecule has 0 fully saturated rings. The second-order valence-electron chi connectivity index (χ2n) is 4.77. The van der Waals surface area contributed by atoms with E-state index >= 15 is 0 Å². The highest BCUT2D eigenvalue weighted by Crippen LogP contribution is 2.21. The summed E-state index contributed by atoms with van der Waals surface area (Å²) in [6.45, 7) is -0.190. The average Bonchev–Trinajstić information content (AvgIpc) is 2.49. The van der Waals surface area contributed by atoms with Gasteiger partial charge in [-0.2, -0.15) is 0 Å². The number of benzene rings is 2. The van der Waals surface area contributed by atoms with E-state index in [1.165, 1.54) is 6.07 Å². The first kappa shape index (κ1) is 16.9. The molecule has 0 saturated carbocycles. The molecule has 0 aromatic heterocycles. The topological polar surface area (TPSA) is 66.4 Å². The Bertz CT molecular complexity index is 738. The van der Waals surface area contributed by atoms with E-state index < -0.39 is 21.9 Å². The maximum absolute atomic E-state index is 13.2. The van der Waals surface area contributed by atoms with Crippen LogP contribution in [-0.4, -0.2) is 26.2 Å². The molecule has 0 heterocycles. The van der Waals surface area contributed by atoms with Gasteiger partial charge in [-0.15, -0.1) is 0 Å². The van der Waals surface area contributed by atoms with E-state index in [0.29, 0.717) is 6.42 Å². The molecule has 2 aromatic rings. The van der Waals surface area contributed by atoms with Gasteiger partial charge in [-0.25, -0.2) is 17.5 Å². The van der Waals surface area contributed by atoms with E-state index in [1.807, 2.05) is 30.3 Å². The summed E-state index contributed by atoms with van der Waals surface area (Å²) in [6, 6.07) is 12.3. The number of halogens is 2. The van der Waals surface area contributed by atoms with E-state index in [1.54, 1.807) is 0 Å². The number of nitrogens with one attached hydrogen (secondary N) is 1. The highest BCUT2D eigenvalue weighted by Gasteiger charge is 2.20. The second kappa shape index (κ2) is 7.19. The maximum atomic E-state index is 13.2. The Morgan fingerprint density at radius 3 is 2.55 bits per heavy atom. The molecule has 0 radical (unpaired) electrons. The van der Waals surface area contributed by atoms with Crippen molar-refractivity contribution in [2.45, 2.75) is 17.4 Å². The van der Waals surface area contributed by atoms with Crippen molar-refractivity contribution >= 4 is 21.6 Å². The van der Waals surface area contributed by atoms with Gasteiger partial charge in [0.25, 0.3) is 0 Å². The summed E-state index contributed by atoms with van der Waals surface area (Å²) in [7, 11) is -3.98. The lowest BCUT2D eigenvalue weighted by Gasteiger charge is -2.13. The third kappa shape index (κ3) is 4.51. The highest BCUT2D eigenvalue weighted by atomic mass is 35.5. The molecule has 4 nitrogen and oxygen atoms in total. The van der Waals surface area contributed by atoms with Gasteiger partial charge in [-0.1, -0.05) is 41.9 Å². The van der Waals surface area contributed by atoms with Crippen LogP contribution < -0.4 is 4.72 Å². The Hall–Kier alpha value is -1.47. The minimum atomic E-state index is -3.98. The number of rotatable bonds is 6. The largest absolute Gasteiger partial charge is 0.391 e. The number of hydrogen-bond acceptors (Lipinski definition) is 3. The Labute approximate surface area is 133 Å². The summed E-state index contributed by atoms with van der Waals surface area (Å²) in [4.78, 5) is -0.346. The smallest absolute Gasteiger partial charge is 0.242 e. The molecule has 2 rings (SSSR count). The van der Waals surface area contributed by atoms with Crippen LogP contribution in [0.4, 0.5) is 4.39 Å². The molecule has 0 spiro atoms. The van der Waals surface area contributed by atoms with Crippen LogP contribution in [0.15, 0.2) is 53.4 Å². The number of aliphatic hydroxyl groups is 1. The fraction of sp³-hybridized carbons (Fsp3) is 0.200. The molecule has 22 heavy (non-hydrogen) atoms. The quantitative estimate of drug-likeness (QED) is 0.846. The van der Waals surface area contributed by atoms with Gasteiger partial charge in [0, 0.05) is 6.54 Å². The molecule has 0 aliphatic heterocycles. The van der Waals surface area contributed by atoms with Crippen LogP contribution in [0.3, 0.4) is 0 Å². The van der Waals surface area contributed by atoms with Crippen molar-refractivity contribution in [3.8, 4) is 0 Å². The van der Waals surface area contributed by atoms with Crippen LogP contribution in [0.2, 0.25) is 5.02 Å². The van der Waals surface area contributed by atoms with Crippen LogP contribution in [0.1, 0.15) is 5.56 Å². The minimum Gasteiger partial charge on any atom is -0.391 e. The molecule has 0 amide bonds. The van der Waals surface area contributed by atoms with Gasteiger partial charge < -0.3 is 5.11 Å². The Morgan fingerprint density at radius 1 is 1.18 bits per heavy atom. The summed E-state index contributed by atoms with van der Waals surface area (Å²) in [6.07, 6.45) is -0.593. The third-order valence-corrected chi connectivity index (χ3v) is 4.91. The van der Waals surface area contributed by atoms with Crippen molar-refractivity contribution in [3.05, 3.63) is 64.9 Å². The zero-order chi connectivity index (χ0) is 16.2. The molecule has 0 aliphatic carbocycles. The van der Waals surface area contributed by atoms with Crippen LogP contribution >= 0.6 is 11.6 Å². The first-order chi connectivity index (χ1) is 10.4. The maximum Gasteiger partial charge on any atom is 0.242 e. The molecular formula is C15H15ClFNO3S. The zero-order valence-electron chi connectivity index (χ0n) is 11.5. The normalized spacial score (nSPS) is 13.0. The molecule has 2 aromatic carbocycles. The number of sulfonamides is 1. The molecule has 118 valence electrons. The van der Waals surface area contributed by atoms with Crippen LogP contribution in [0, 0.1) is 5.82 Å². The van der Waals surface area contributed by atoms with Gasteiger partial charge in [0.05, 0.1) is 11.1 Å². The molecule has 0 bridgehead atoms. The van der Waals surface area contributed by atoms with Crippen molar-refractivity contribution in [1.82, 2.24) is 4.72 Å². The average molecular weight is 344 g/mol. The lowest BCUT2D eigenvalue weighted by atomic mass is 10.1. The summed E-state index contributed by atoms with van der Waals surface area (Å²) in [5.74, 6) is -0.699. The number of hydrogen-bond donors (Lipinski definition) is 2. The fourth-order valence-corrected chi connectivity index (χ4v) is 3.51. The van der Waals surface area contributed by atoms with Crippen molar-refractivity contribution in [2.75, 3.05) is 6.54 Å². The SMILES string of the molecule is O=S(=O)(NCC(O)Cc1ccccc1)c1cc(F)ccc1Cl. The summed E-state index contributed by atoms with van der Waals surface area (Å²) in [5.41, 5.74) is 0.887. The van der Waals surface area contributed by atoms with Crippen molar-refractivity contribution in [3.63, 3.8) is 0 Å². The standard InChI is InChI=1S/C15H15ClFNO3S/c16-14-7-6-12(17)9-15(14)22(20,21)18-10-13(19)8-11-4-2-1-3-5-11/h1-7,9,13,18-19H,8,10H2. The Morgan fingerprint density at radius 2 is 1.86 bits per heavy atom. The fourth-order valence-electron chi connectivity index (χ4n) is 1.93. The predicted molar refractivity (Wildman–Crippen MR) is 82.8 cm³/mol. The van der Waals surface area contributed by atoms with Gasteiger partial charge in [0.15, 0.2) is 0 Å². The van der Waals surface area contributed by atoms with Gasteiger partial charge in [-0.3, -0.25) is 0 Å². The first-order valence-electron chi connectivity index (χ1n) is 6.55. The summed E-state index contributed by atoms with van der Waals surface area (Å²) < 4.78 is 39.6. The lowest BCUT2D eigenvalue weighted by Crippen LogP contribution is -2.33. The first-order valence-corrected chi connectivity index (χ1v) is 8.41. The molecular weight excluding hydrogens is 329 g/mol. The van der Waals surface area contributed by atoms with Gasteiger partial charge >= 0.3 is 0 Å².